The van der Waals surface area contributed by atoms with E-state index in [-0.39, 0.29) is 5.91 Å². The topological polar surface area (TPSA) is 46.1 Å². The van der Waals surface area contributed by atoms with Gasteiger partial charge in [0, 0.05) is 18.4 Å². The van der Waals surface area contributed by atoms with E-state index < -0.39 is 0 Å². The highest BCUT2D eigenvalue weighted by atomic mass is 79.9. The molecule has 2 rings (SSSR count). The van der Waals surface area contributed by atoms with Gasteiger partial charge in [0.15, 0.2) is 0 Å². The lowest BCUT2D eigenvalue weighted by atomic mass is 9.99. The Bertz CT molecular complexity index is 374. The molecule has 88 valence electrons. The smallest absolute Gasteiger partial charge is 0.267 e. The number of alkyl halides is 1. The average molecular weight is 304 g/mol. The molecule has 0 unspecified atom stereocenters. The van der Waals surface area contributed by atoms with Crippen molar-refractivity contribution >= 4 is 33.4 Å². The summed E-state index contributed by atoms with van der Waals surface area (Å²) in [7, 11) is 0. The highest BCUT2D eigenvalue weighted by Gasteiger charge is 2.25. The highest BCUT2D eigenvalue weighted by Crippen LogP contribution is 2.22. The Labute approximate surface area is 107 Å². The molecule has 1 saturated heterocycles. The van der Waals surface area contributed by atoms with Gasteiger partial charge in [-0.25, -0.2) is 0 Å². The molecular weight excluding hydrogens is 290 g/mol. The molecule has 0 atom stereocenters. The van der Waals surface area contributed by atoms with Gasteiger partial charge in [0.2, 0.25) is 0 Å². The number of aryl methyl sites for hydroxylation is 1. The monoisotopic (exact) mass is 303 g/mol. The largest absolute Gasteiger partial charge is 0.338 e. The number of hydrogen-bond donors (Lipinski definition) is 0. The third-order valence-corrected chi connectivity index (χ3v) is 4.70. The summed E-state index contributed by atoms with van der Waals surface area (Å²) in [5.74, 6) is 0.810. The Kier molecular flexibility index (Phi) is 3.91. The number of nitrogens with zero attached hydrogens (tertiary/aromatic N) is 3. The Balaban J connectivity index is 2.00. The van der Waals surface area contributed by atoms with Crippen LogP contribution in [-0.4, -0.2) is 38.8 Å². The Morgan fingerprint density at radius 3 is 2.75 bits per heavy atom. The molecular formula is C10H14BrN3OS. The fourth-order valence-electron chi connectivity index (χ4n) is 1.86. The summed E-state index contributed by atoms with van der Waals surface area (Å²) in [6.07, 6.45) is 2.17. The van der Waals surface area contributed by atoms with Gasteiger partial charge in [-0.15, -0.1) is 5.10 Å². The van der Waals surface area contributed by atoms with Gasteiger partial charge in [0.25, 0.3) is 5.91 Å². The zero-order valence-electron chi connectivity index (χ0n) is 9.15. The van der Waals surface area contributed by atoms with Crippen LogP contribution in [-0.2, 0) is 0 Å². The molecule has 2 heterocycles. The van der Waals surface area contributed by atoms with Gasteiger partial charge in [-0.2, -0.15) is 0 Å². The van der Waals surface area contributed by atoms with Crippen LogP contribution in [0.5, 0.6) is 0 Å². The molecule has 0 radical (unpaired) electrons. The molecule has 1 fully saturated rings. The van der Waals surface area contributed by atoms with Crippen molar-refractivity contribution in [1.29, 1.82) is 0 Å². The van der Waals surface area contributed by atoms with Crippen molar-refractivity contribution in [3.05, 3.63) is 10.6 Å². The second-order valence-corrected chi connectivity index (χ2v) is 5.48. The van der Waals surface area contributed by atoms with E-state index in [1.165, 1.54) is 11.5 Å². The molecule has 1 aliphatic rings. The van der Waals surface area contributed by atoms with E-state index in [0.717, 1.165) is 37.0 Å². The first-order valence-corrected chi connectivity index (χ1v) is 7.26. The van der Waals surface area contributed by atoms with E-state index >= 15 is 0 Å². The second-order valence-electron chi connectivity index (χ2n) is 4.08. The quantitative estimate of drug-likeness (QED) is 0.786. The number of carbonyl (C=O) groups excluding carboxylic acids is 1. The summed E-state index contributed by atoms with van der Waals surface area (Å²) >= 11 is 4.69. The average Bonchev–Trinajstić information content (AvgIpc) is 2.75. The molecule has 0 bridgehead atoms. The number of likely N-dealkylation sites (tertiary alicyclic amines) is 1. The fraction of sp³-hybridized carbons (Fsp3) is 0.700. The number of carbonyl (C=O) groups is 1. The number of halogens is 1. The lowest BCUT2D eigenvalue weighted by Crippen LogP contribution is -2.38. The molecule has 0 aliphatic carbocycles. The lowest BCUT2D eigenvalue weighted by molar-refractivity contribution is 0.0703. The SMILES string of the molecule is Cc1nnsc1C(=O)N1CCC(CBr)CC1. The van der Waals surface area contributed by atoms with Gasteiger partial charge in [-0.05, 0) is 37.2 Å². The minimum absolute atomic E-state index is 0.0977. The molecule has 1 amide bonds. The van der Waals surface area contributed by atoms with Crippen molar-refractivity contribution in [3.63, 3.8) is 0 Å². The van der Waals surface area contributed by atoms with E-state index in [1.807, 2.05) is 11.8 Å². The maximum absolute atomic E-state index is 12.1. The molecule has 0 saturated carbocycles. The van der Waals surface area contributed by atoms with E-state index in [9.17, 15) is 4.79 Å². The number of amides is 1. The zero-order valence-corrected chi connectivity index (χ0v) is 11.6. The summed E-state index contributed by atoms with van der Waals surface area (Å²) in [5.41, 5.74) is 0.748. The first-order chi connectivity index (χ1) is 7.72. The Morgan fingerprint density at radius 2 is 2.25 bits per heavy atom. The van der Waals surface area contributed by atoms with E-state index in [2.05, 4.69) is 25.5 Å². The highest BCUT2D eigenvalue weighted by molar-refractivity contribution is 9.09. The van der Waals surface area contributed by atoms with Crippen molar-refractivity contribution in [2.45, 2.75) is 19.8 Å². The second kappa shape index (κ2) is 5.23. The van der Waals surface area contributed by atoms with Crippen LogP contribution < -0.4 is 0 Å². The van der Waals surface area contributed by atoms with Gasteiger partial charge in [-0.3, -0.25) is 4.79 Å². The normalized spacial score (nSPS) is 17.8. The van der Waals surface area contributed by atoms with Gasteiger partial charge in [-0.1, -0.05) is 20.4 Å². The lowest BCUT2D eigenvalue weighted by Gasteiger charge is -2.30. The molecule has 16 heavy (non-hydrogen) atoms. The predicted octanol–water partition coefficient (Wildman–Crippen LogP) is 2.09. The molecule has 0 spiro atoms. The van der Waals surface area contributed by atoms with Crippen LogP contribution in [0.25, 0.3) is 0 Å². The fourth-order valence-corrected chi connectivity index (χ4v) is 3.13. The summed E-state index contributed by atoms with van der Waals surface area (Å²) in [4.78, 5) is 14.7. The minimum Gasteiger partial charge on any atom is -0.338 e. The van der Waals surface area contributed by atoms with Crippen LogP contribution in [0.1, 0.15) is 28.2 Å². The van der Waals surface area contributed by atoms with Crippen molar-refractivity contribution in [1.82, 2.24) is 14.5 Å². The van der Waals surface area contributed by atoms with Crippen molar-refractivity contribution < 1.29 is 4.79 Å². The summed E-state index contributed by atoms with van der Waals surface area (Å²) in [5, 5.41) is 4.92. The van der Waals surface area contributed by atoms with Crippen molar-refractivity contribution in [3.8, 4) is 0 Å². The molecule has 1 aliphatic heterocycles. The molecule has 1 aromatic rings. The molecule has 4 nitrogen and oxygen atoms in total. The van der Waals surface area contributed by atoms with Crippen molar-refractivity contribution in [2.24, 2.45) is 5.92 Å². The maximum atomic E-state index is 12.1. The third-order valence-electron chi connectivity index (χ3n) is 2.97. The Morgan fingerprint density at radius 1 is 1.56 bits per heavy atom. The molecule has 1 aromatic heterocycles. The number of hydrogen-bond acceptors (Lipinski definition) is 4. The van der Waals surface area contributed by atoms with Crippen LogP contribution in [0.3, 0.4) is 0 Å². The van der Waals surface area contributed by atoms with E-state index in [1.54, 1.807) is 0 Å². The van der Waals surface area contributed by atoms with Gasteiger partial charge in [0.1, 0.15) is 4.88 Å². The van der Waals surface area contributed by atoms with Crippen LogP contribution in [0, 0.1) is 12.8 Å². The summed E-state index contributed by atoms with van der Waals surface area (Å²) in [6.45, 7) is 3.54. The van der Waals surface area contributed by atoms with Crippen LogP contribution in [0.2, 0.25) is 0 Å². The first kappa shape index (κ1) is 12.0. The molecule has 0 N–H and O–H groups in total. The predicted molar refractivity (Wildman–Crippen MR) is 67.1 cm³/mol. The van der Waals surface area contributed by atoms with Crippen LogP contribution in [0.15, 0.2) is 0 Å². The number of rotatable bonds is 2. The van der Waals surface area contributed by atoms with E-state index in [0.29, 0.717) is 10.8 Å². The maximum Gasteiger partial charge on any atom is 0.267 e. The minimum atomic E-state index is 0.0977. The van der Waals surface area contributed by atoms with Gasteiger partial charge < -0.3 is 4.90 Å². The third kappa shape index (κ3) is 2.43. The summed E-state index contributed by atoms with van der Waals surface area (Å²) in [6, 6.07) is 0. The van der Waals surface area contributed by atoms with E-state index in [4.69, 9.17) is 0 Å². The standard InChI is InChI=1S/C10H14BrN3OS/c1-7-9(16-13-12-7)10(15)14-4-2-8(6-11)3-5-14/h8H,2-6H2,1H3. The molecule has 6 heteroatoms. The number of aromatic nitrogens is 2. The van der Waals surface area contributed by atoms with Crippen molar-refractivity contribution in [2.75, 3.05) is 18.4 Å². The Hall–Kier alpha value is -0.490. The zero-order chi connectivity index (χ0) is 11.5. The van der Waals surface area contributed by atoms with Crippen LogP contribution >= 0.6 is 27.5 Å². The van der Waals surface area contributed by atoms with Gasteiger partial charge >= 0.3 is 0 Å². The molecule has 0 aromatic carbocycles. The number of piperidine rings is 1. The summed E-state index contributed by atoms with van der Waals surface area (Å²) < 4.78 is 3.81. The van der Waals surface area contributed by atoms with Crippen LogP contribution in [0.4, 0.5) is 0 Å². The van der Waals surface area contributed by atoms with Gasteiger partial charge in [0.05, 0.1) is 5.69 Å². The first-order valence-electron chi connectivity index (χ1n) is 5.36.